The molecule has 1 heterocycles. The Labute approximate surface area is 160 Å². The highest BCUT2D eigenvalue weighted by atomic mass is 32.2. The van der Waals surface area contributed by atoms with Crippen LogP contribution in [-0.4, -0.2) is 34.5 Å². The third kappa shape index (κ3) is 4.87. The van der Waals surface area contributed by atoms with E-state index in [1.165, 1.54) is 44.1 Å². The quantitative estimate of drug-likeness (QED) is 0.798. The van der Waals surface area contributed by atoms with Crippen LogP contribution in [0.2, 0.25) is 0 Å². The van der Waals surface area contributed by atoms with Crippen LogP contribution in [-0.2, 0) is 16.6 Å². The highest BCUT2D eigenvalue weighted by Crippen LogP contribution is 2.20. The van der Waals surface area contributed by atoms with Crippen LogP contribution in [0.1, 0.15) is 35.2 Å². The van der Waals surface area contributed by atoms with Crippen molar-refractivity contribution in [1.82, 2.24) is 10.0 Å². The molecule has 1 amide bonds. The van der Waals surface area contributed by atoms with Gasteiger partial charge in [0.1, 0.15) is 0 Å². The maximum absolute atomic E-state index is 12.4. The van der Waals surface area contributed by atoms with Crippen molar-refractivity contribution < 1.29 is 13.2 Å². The Kier molecular flexibility index (Phi) is 6.13. The van der Waals surface area contributed by atoms with Crippen LogP contribution in [0.5, 0.6) is 0 Å². The Morgan fingerprint density at radius 3 is 2.41 bits per heavy atom. The van der Waals surface area contributed by atoms with Crippen LogP contribution in [0.15, 0.2) is 53.4 Å². The smallest absolute Gasteiger partial charge is 0.251 e. The number of piperidine rings is 1. The molecule has 144 valence electrons. The second kappa shape index (κ2) is 8.54. The highest BCUT2D eigenvalue weighted by molar-refractivity contribution is 7.89. The van der Waals surface area contributed by atoms with Gasteiger partial charge in [-0.2, -0.15) is 0 Å². The number of rotatable bonds is 6. The van der Waals surface area contributed by atoms with Gasteiger partial charge < -0.3 is 10.2 Å². The minimum atomic E-state index is -3.57. The lowest BCUT2D eigenvalue weighted by atomic mass is 10.1. The molecule has 1 aliphatic rings. The molecule has 0 bridgehead atoms. The summed E-state index contributed by atoms with van der Waals surface area (Å²) in [7, 11) is -2.23. The molecule has 0 saturated carbocycles. The molecule has 6 nitrogen and oxygen atoms in total. The predicted molar refractivity (Wildman–Crippen MR) is 106 cm³/mol. The first kappa shape index (κ1) is 19.4. The zero-order valence-corrected chi connectivity index (χ0v) is 16.3. The molecule has 2 N–H and O–H groups in total. The molecule has 1 saturated heterocycles. The lowest BCUT2D eigenvalue weighted by molar-refractivity contribution is 0.0950. The van der Waals surface area contributed by atoms with Crippen LogP contribution in [0.4, 0.5) is 5.69 Å². The summed E-state index contributed by atoms with van der Waals surface area (Å²) in [6.45, 7) is 2.59. The highest BCUT2D eigenvalue weighted by Gasteiger charge is 2.14. The predicted octanol–water partition coefficient (Wildman–Crippen LogP) is 2.52. The molecule has 1 aliphatic heterocycles. The average Bonchev–Trinajstić information content (AvgIpc) is 2.73. The molecular weight excluding hydrogens is 362 g/mol. The molecule has 0 radical (unpaired) electrons. The number of anilines is 1. The molecule has 3 rings (SSSR count). The lowest BCUT2D eigenvalue weighted by Crippen LogP contribution is -2.29. The summed E-state index contributed by atoms with van der Waals surface area (Å²) < 4.78 is 26.0. The maximum atomic E-state index is 12.4. The number of nitrogens with zero attached hydrogens (tertiary/aromatic N) is 1. The Bertz CT molecular complexity index is 889. The topological polar surface area (TPSA) is 78.5 Å². The molecule has 0 atom stereocenters. The van der Waals surface area contributed by atoms with Gasteiger partial charge in [0.2, 0.25) is 10.0 Å². The second-order valence-electron chi connectivity index (χ2n) is 6.63. The average molecular weight is 388 g/mol. The van der Waals surface area contributed by atoms with Crippen LogP contribution in [0.3, 0.4) is 0 Å². The summed E-state index contributed by atoms with van der Waals surface area (Å²) in [6, 6.07) is 14.2. The van der Waals surface area contributed by atoms with E-state index >= 15 is 0 Å². The van der Waals surface area contributed by atoms with E-state index in [0.717, 1.165) is 18.7 Å². The van der Waals surface area contributed by atoms with Crippen molar-refractivity contribution in [3.05, 3.63) is 59.7 Å². The van der Waals surface area contributed by atoms with Crippen LogP contribution in [0, 0.1) is 0 Å². The van der Waals surface area contributed by atoms with Crippen molar-refractivity contribution in [2.45, 2.75) is 30.7 Å². The lowest BCUT2D eigenvalue weighted by Gasteiger charge is -2.28. The fourth-order valence-corrected chi connectivity index (χ4v) is 3.96. The zero-order valence-electron chi connectivity index (χ0n) is 15.4. The molecule has 2 aromatic rings. The minimum Gasteiger partial charge on any atom is -0.372 e. The number of hydrogen-bond donors (Lipinski definition) is 2. The molecule has 7 heteroatoms. The zero-order chi connectivity index (χ0) is 19.3. The van der Waals surface area contributed by atoms with Gasteiger partial charge >= 0.3 is 0 Å². The molecule has 0 unspecified atom stereocenters. The van der Waals surface area contributed by atoms with Crippen molar-refractivity contribution in [2.75, 3.05) is 25.0 Å². The summed E-state index contributed by atoms with van der Waals surface area (Å²) in [6.07, 6.45) is 3.78. The van der Waals surface area contributed by atoms with Crippen molar-refractivity contribution in [2.24, 2.45) is 0 Å². The number of carbonyl (C=O) groups excluding carboxylic acids is 1. The molecular formula is C20H25N3O3S. The molecule has 1 fully saturated rings. The van der Waals surface area contributed by atoms with E-state index < -0.39 is 10.0 Å². The first-order chi connectivity index (χ1) is 13.0. The summed E-state index contributed by atoms with van der Waals surface area (Å²) in [5.74, 6) is -0.303. The Morgan fingerprint density at radius 1 is 1.04 bits per heavy atom. The van der Waals surface area contributed by atoms with E-state index in [0.29, 0.717) is 12.1 Å². The van der Waals surface area contributed by atoms with Crippen molar-refractivity contribution >= 4 is 21.6 Å². The summed E-state index contributed by atoms with van der Waals surface area (Å²) >= 11 is 0. The van der Waals surface area contributed by atoms with Gasteiger partial charge in [0, 0.05) is 30.9 Å². The van der Waals surface area contributed by atoms with Crippen molar-refractivity contribution in [1.29, 1.82) is 0 Å². The van der Waals surface area contributed by atoms with Crippen LogP contribution in [0.25, 0.3) is 0 Å². The number of nitrogens with one attached hydrogen (secondary N) is 2. The fourth-order valence-electron chi connectivity index (χ4n) is 3.18. The molecule has 0 aliphatic carbocycles. The van der Waals surface area contributed by atoms with E-state index in [2.05, 4.69) is 27.1 Å². The summed E-state index contributed by atoms with van der Waals surface area (Å²) in [5, 5.41) is 2.84. The first-order valence-corrected chi connectivity index (χ1v) is 10.6. The van der Waals surface area contributed by atoms with Gasteiger partial charge in [-0.1, -0.05) is 18.2 Å². The van der Waals surface area contributed by atoms with Gasteiger partial charge in [0.25, 0.3) is 5.91 Å². The van der Waals surface area contributed by atoms with E-state index in [1.807, 2.05) is 12.1 Å². The maximum Gasteiger partial charge on any atom is 0.251 e. The minimum absolute atomic E-state index is 0.0727. The van der Waals surface area contributed by atoms with Gasteiger partial charge in [-0.05, 0) is 62.2 Å². The monoisotopic (exact) mass is 387 g/mol. The normalized spacial score (nSPS) is 14.8. The number of benzene rings is 2. The third-order valence-electron chi connectivity index (χ3n) is 4.79. The van der Waals surface area contributed by atoms with E-state index in [-0.39, 0.29) is 10.8 Å². The Balaban J connectivity index is 1.61. The van der Waals surface area contributed by atoms with Gasteiger partial charge in [0.15, 0.2) is 0 Å². The summed E-state index contributed by atoms with van der Waals surface area (Å²) in [4.78, 5) is 14.8. The number of carbonyl (C=O) groups is 1. The molecule has 27 heavy (non-hydrogen) atoms. The van der Waals surface area contributed by atoms with E-state index in [9.17, 15) is 13.2 Å². The van der Waals surface area contributed by atoms with Crippen LogP contribution < -0.4 is 14.9 Å². The van der Waals surface area contributed by atoms with Gasteiger partial charge in [-0.15, -0.1) is 0 Å². The SMILES string of the molecule is CNS(=O)(=O)c1cccc(C(=O)NCc2ccc(N3CCCCC3)cc2)c1. The number of hydrogen-bond acceptors (Lipinski definition) is 4. The van der Waals surface area contributed by atoms with Crippen LogP contribution >= 0.6 is 0 Å². The molecule has 2 aromatic carbocycles. The Morgan fingerprint density at radius 2 is 1.74 bits per heavy atom. The molecule has 0 spiro atoms. The third-order valence-corrected chi connectivity index (χ3v) is 6.20. The largest absolute Gasteiger partial charge is 0.372 e. The van der Waals surface area contributed by atoms with E-state index in [4.69, 9.17) is 0 Å². The summed E-state index contributed by atoms with van der Waals surface area (Å²) in [5.41, 5.74) is 2.54. The van der Waals surface area contributed by atoms with E-state index in [1.54, 1.807) is 12.1 Å². The number of amides is 1. The Hall–Kier alpha value is -2.38. The standard InChI is InChI=1S/C20H25N3O3S/c1-21-27(25,26)19-7-5-6-17(14-19)20(24)22-15-16-8-10-18(11-9-16)23-12-3-2-4-13-23/h5-11,14,21H,2-4,12-13,15H2,1H3,(H,22,24). The van der Waals surface area contributed by atoms with Crippen molar-refractivity contribution in [3.8, 4) is 0 Å². The van der Waals surface area contributed by atoms with Gasteiger partial charge in [0.05, 0.1) is 4.90 Å². The second-order valence-corrected chi connectivity index (χ2v) is 8.52. The molecule has 0 aromatic heterocycles. The fraction of sp³-hybridized carbons (Fsp3) is 0.350. The van der Waals surface area contributed by atoms with Gasteiger partial charge in [-0.3, -0.25) is 4.79 Å². The first-order valence-electron chi connectivity index (χ1n) is 9.15. The van der Waals surface area contributed by atoms with Gasteiger partial charge in [-0.25, -0.2) is 13.1 Å². The van der Waals surface area contributed by atoms with Crippen molar-refractivity contribution in [3.63, 3.8) is 0 Å². The number of sulfonamides is 1.